The van der Waals surface area contributed by atoms with E-state index in [0.29, 0.717) is 5.41 Å². The van der Waals surface area contributed by atoms with E-state index in [-0.39, 0.29) is 6.10 Å². The van der Waals surface area contributed by atoms with Crippen molar-refractivity contribution in [2.45, 2.75) is 98.0 Å². The molecule has 2 aromatic carbocycles. The van der Waals surface area contributed by atoms with E-state index in [9.17, 15) is 0 Å². The quantitative estimate of drug-likeness (QED) is 0.511. The summed E-state index contributed by atoms with van der Waals surface area (Å²) in [5, 5.41) is 9.02. The first-order valence-electron chi connectivity index (χ1n) is 13.2. The van der Waals surface area contributed by atoms with Crippen LogP contribution in [0.2, 0.25) is 0 Å². The van der Waals surface area contributed by atoms with Crippen LogP contribution in [0.3, 0.4) is 0 Å². The molecule has 180 valence electrons. The first kappa shape index (κ1) is 28.4. The molecule has 1 atom stereocenters. The molecular weight excluding hydrogens is 390 g/mol. The van der Waals surface area contributed by atoms with Crippen molar-refractivity contribution in [3.05, 3.63) is 71.3 Å². The molecule has 2 aromatic rings. The van der Waals surface area contributed by atoms with Crippen molar-refractivity contribution in [3.63, 3.8) is 0 Å². The second-order valence-corrected chi connectivity index (χ2v) is 8.61. The maximum Gasteiger partial charge on any atom is 0.0761 e. The molecule has 0 bridgehead atoms. The zero-order valence-electron chi connectivity index (χ0n) is 21.7. The molecule has 2 heteroatoms. The fourth-order valence-corrected chi connectivity index (χ4v) is 4.51. The van der Waals surface area contributed by atoms with E-state index in [2.05, 4.69) is 36.1 Å². The minimum Gasteiger partial charge on any atom is -0.389 e. The van der Waals surface area contributed by atoms with Crippen molar-refractivity contribution in [1.29, 1.82) is 0 Å². The molecule has 2 nitrogen and oxygen atoms in total. The lowest BCUT2D eigenvalue weighted by molar-refractivity contribution is 0.122. The first-order chi connectivity index (χ1) is 15.6. The van der Waals surface area contributed by atoms with Gasteiger partial charge >= 0.3 is 0 Å². The Morgan fingerprint density at radius 1 is 0.812 bits per heavy atom. The number of aryl methyl sites for hydroxylation is 1. The van der Waals surface area contributed by atoms with Crippen LogP contribution in [0.4, 0.5) is 0 Å². The summed E-state index contributed by atoms with van der Waals surface area (Å²) < 4.78 is 0. The van der Waals surface area contributed by atoms with Gasteiger partial charge < -0.3 is 10.0 Å². The number of aliphatic hydroxyl groups excluding tert-OH is 1. The van der Waals surface area contributed by atoms with Gasteiger partial charge in [-0.1, -0.05) is 102 Å². The van der Waals surface area contributed by atoms with Crippen LogP contribution in [0.1, 0.15) is 103 Å². The molecule has 1 aliphatic carbocycles. The van der Waals surface area contributed by atoms with Crippen molar-refractivity contribution >= 4 is 0 Å². The van der Waals surface area contributed by atoms with Gasteiger partial charge in [0, 0.05) is 12.0 Å². The van der Waals surface area contributed by atoms with Crippen LogP contribution in [0.15, 0.2) is 54.6 Å². The van der Waals surface area contributed by atoms with Gasteiger partial charge in [-0.05, 0) is 68.8 Å². The minimum atomic E-state index is -0.341. The zero-order chi connectivity index (χ0) is 23.8. The standard InChI is InChI=1S/C18H27N.C8H10O.2C2H6/c1-2-16-7-9-17(10-8-16)18(11-6-12-18)15-19-13-4-3-5-14-19;1-7(9)8-5-3-2-4-6-8;2*1-2/h7-10H,2-6,11-15H2,1H3;2-7,9H,1H3;2*1-2H3. The van der Waals surface area contributed by atoms with Crippen LogP contribution in [0, 0.1) is 0 Å². The van der Waals surface area contributed by atoms with Gasteiger partial charge in [-0.25, -0.2) is 0 Å². The Hall–Kier alpha value is -1.64. The second kappa shape index (κ2) is 16.0. The third kappa shape index (κ3) is 8.71. The number of rotatable bonds is 5. The number of hydrogen-bond acceptors (Lipinski definition) is 2. The van der Waals surface area contributed by atoms with Crippen LogP contribution in [-0.2, 0) is 11.8 Å². The molecule has 32 heavy (non-hydrogen) atoms. The molecule has 1 aliphatic heterocycles. The number of benzene rings is 2. The van der Waals surface area contributed by atoms with Gasteiger partial charge in [0.05, 0.1) is 6.10 Å². The predicted octanol–water partition coefficient (Wildman–Crippen LogP) is 7.95. The van der Waals surface area contributed by atoms with E-state index in [0.717, 1.165) is 12.0 Å². The lowest BCUT2D eigenvalue weighted by Crippen LogP contribution is -2.47. The lowest BCUT2D eigenvalue weighted by atomic mass is 9.64. The molecule has 0 radical (unpaired) electrons. The molecule has 2 fully saturated rings. The number of piperidine rings is 1. The summed E-state index contributed by atoms with van der Waals surface area (Å²) >= 11 is 0. The summed E-state index contributed by atoms with van der Waals surface area (Å²) in [6, 6.07) is 19.1. The van der Waals surface area contributed by atoms with Crippen molar-refractivity contribution in [1.82, 2.24) is 4.90 Å². The number of hydrogen-bond donors (Lipinski definition) is 1. The van der Waals surface area contributed by atoms with Crippen molar-refractivity contribution in [2.75, 3.05) is 19.6 Å². The number of likely N-dealkylation sites (tertiary alicyclic amines) is 1. The monoisotopic (exact) mass is 439 g/mol. The normalized spacial score (nSPS) is 17.7. The summed E-state index contributed by atoms with van der Waals surface area (Å²) in [7, 11) is 0. The Labute approximate surface area is 199 Å². The van der Waals surface area contributed by atoms with Crippen LogP contribution in [0.25, 0.3) is 0 Å². The molecule has 4 rings (SSSR count). The van der Waals surface area contributed by atoms with Crippen LogP contribution >= 0.6 is 0 Å². The molecule has 1 heterocycles. The Kier molecular flexibility index (Phi) is 14.2. The van der Waals surface area contributed by atoms with Gasteiger partial charge in [-0.15, -0.1) is 0 Å². The van der Waals surface area contributed by atoms with Crippen molar-refractivity contribution in [3.8, 4) is 0 Å². The summed E-state index contributed by atoms with van der Waals surface area (Å²) in [6.07, 6.45) is 9.28. The van der Waals surface area contributed by atoms with E-state index in [1.165, 1.54) is 63.7 Å². The molecule has 1 saturated carbocycles. The summed E-state index contributed by atoms with van der Waals surface area (Å²) in [5.74, 6) is 0. The highest BCUT2D eigenvalue weighted by molar-refractivity contribution is 5.32. The molecule has 1 unspecified atom stereocenters. The zero-order valence-corrected chi connectivity index (χ0v) is 21.7. The van der Waals surface area contributed by atoms with E-state index in [1.807, 2.05) is 58.0 Å². The predicted molar refractivity (Wildman–Crippen MR) is 141 cm³/mol. The Morgan fingerprint density at radius 2 is 1.38 bits per heavy atom. The summed E-state index contributed by atoms with van der Waals surface area (Å²) in [6.45, 7) is 16.0. The molecule has 0 spiro atoms. The third-order valence-corrected chi connectivity index (χ3v) is 6.54. The lowest BCUT2D eigenvalue weighted by Gasteiger charge is -2.46. The van der Waals surface area contributed by atoms with Gasteiger partial charge in [0.1, 0.15) is 0 Å². The van der Waals surface area contributed by atoms with Gasteiger partial charge in [-0.2, -0.15) is 0 Å². The van der Waals surface area contributed by atoms with Crippen LogP contribution in [-0.4, -0.2) is 29.6 Å². The summed E-state index contributed by atoms with van der Waals surface area (Å²) in [5.41, 5.74) is 4.53. The fraction of sp³-hybridized carbons (Fsp3) is 0.600. The number of aliphatic hydroxyl groups is 1. The van der Waals surface area contributed by atoms with Crippen molar-refractivity contribution < 1.29 is 5.11 Å². The van der Waals surface area contributed by atoms with Gasteiger partial charge in [0.2, 0.25) is 0 Å². The highest BCUT2D eigenvalue weighted by atomic mass is 16.3. The molecule has 1 N–H and O–H groups in total. The topological polar surface area (TPSA) is 23.5 Å². The smallest absolute Gasteiger partial charge is 0.0761 e. The molecule has 0 aromatic heterocycles. The third-order valence-electron chi connectivity index (χ3n) is 6.54. The minimum absolute atomic E-state index is 0.341. The molecular formula is C30H49NO. The first-order valence-corrected chi connectivity index (χ1v) is 13.2. The molecule has 1 saturated heterocycles. The number of nitrogens with zero attached hydrogens (tertiary/aromatic N) is 1. The maximum absolute atomic E-state index is 9.02. The average molecular weight is 440 g/mol. The highest BCUT2D eigenvalue weighted by Crippen LogP contribution is 2.44. The van der Waals surface area contributed by atoms with Gasteiger partial charge in [-0.3, -0.25) is 0 Å². The second-order valence-electron chi connectivity index (χ2n) is 8.61. The highest BCUT2D eigenvalue weighted by Gasteiger charge is 2.40. The molecule has 2 aliphatic rings. The largest absolute Gasteiger partial charge is 0.389 e. The average Bonchev–Trinajstić information content (AvgIpc) is 2.86. The van der Waals surface area contributed by atoms with Crippen LogP contribution < -0.4 is 0 Å². The summed E-state index contributed by atoms with van der Waals surface area (Å²) in [4.78, 5) is 2.72. The van der Waals surface area contributed by atoms with E-state index in [1.54, 1.807) is 12.5 Å². The van der Waals surface area contributed by atoms with Crippen molar-refractivity contribution in [2.24, 2.45) is 0 Å². The van der Waals surface area contributed by atoms with E-state index < -0.39 is 0 Å². The van der Waals surface area contributed by atoms with E-state index >= 15 is 0 Å². The fourth-order valence-electron chi connectivity index (χ4n) is 4.51. The van der Waals surface area contributed by atoms with E-state index in [4.69, 9.17) is 5.11 Å². The Morgan fingerprint density at radius 3 is 1.78 bits per heavy atom. The maximum atomic E-state index is 9.02. The van der Waals surface area contributed by atoms with Gasteiger partial charge in [0.15, 0.2) is 0 Å². The Balaban J connectivity index is 0.000000332. The van der Waals surface area contributed by atoms with Gasteiger partial charge in [0.25, 0.3) is 0 Å². The Bertz CT molecular complexity index is 683. The van der Waals surface area contributed by atoms with Crippen LogP contribution in [0.5, 0.6) is 0 Å². The molecule has 0 amide bonds. The SMILES string of the molecule is CC.CC.CC(O)c1ccccc1.CCc1ccc(C2(CN3CCCCC3)CCC2)cc1.